The van der Waals surface area contributed by atoms with Crippen LogP contribution >= 0.6 is 34.8 Å². The normalized spacial score (nSPS) is 17.0. The second-order valence-corrected chi connectivity index (χ2v) is 6.46. The van der Waals surface area contributed by atoms with Crippen LogP contribution in [0.2, 0.25) is 15.1 Å². The monoisotopic (exact) mass is 349 g/mol. The van der Waals surface area contributed by atoms with E-state index in [1.54, 1.807) is 6.07 Å². The third-order valence-electron chi connectivity index (χ3n) is 3.70. The minimum Gasteiger partial charge on any atom is -0.368 e. The van der Waals surface area contributed by atoms with E-state index < -0.39 is 0 Å². The van der Waals surface area contributed by atoms with E-state index in [4.69, 9.17) is 44.5 Å². The second-order valence-electron chi connectivity index (χ2n) is 5.21. The number of pyridine rings is 1. The first-order valence-electron chi connectivity index (χ1n) is 6.79. The van der Waals surface area contributed by atoms with Gasteiger partial charge in [-0.3, -0.25) is 0 Å². The Morgan fingerprint density at radius 1 is 0.955 bits per heavy atom. The van der Waals surface area contributed by atoms with Gasteiger partial charge in [0.15, 0.2) is 0 Å². The fraction of sp³-hybridized carbons (Fsp3) is 0.118. The van der Waals surface area contributed by atoms with Crippen LogP contribution in [-0.4, -0.2) is 11.6 Å². The van der Waals surface area contributed by atoms with Gasteiger partial charge in [-0.05, 0) is 35.9 Å². The molecule has 2 nitrogen and oxygen atoms in total. The lowest BCUT2D eigenvalue weighted by Crippen LogP contribution is -1.92. The van der Waals surface area contributed by atoms with E-state index in [0.717, 1.165) is 34.3 Å². The number of hydrogen-bond acceptors (Lipinski definition) is 2. The molecule has 1 aliphatic heterocycles. The zero-order valence-corrected chi connectivity index (χ0v) is 13.6. The van der Waals surface area contributed by atoms with Gasteiger partial charge in [0.25, 0.3) is 0 Å². The molecule has 3 aromatic rings. The molecular formula is C17H10Cl3NO. The molecular weight excluding hydrogens is 341 g/mol. The minimum atomic E-state index is 0.105. The van der Waals surface area contributed by atoms with Gasteiger partial charge in [0.2, 0.25) is 0 Å². The molecule has 1 aliphatic rings. The Kier molecular flexibility index (Phi) is 3.50. The van der Waals surface area contributed by atoms with Crippen molar-refractivity contribution in [2.45, 2.75) is 6.10 Å². The van der Waals surface area contributed by atoms with Crippen molar-refractivity contribution in [3.63, 3.8) is 0 Å². The first kappa shape index (κ1) is 14.3. The third kappa shape index (κ3) is 2.57. The van der Waals surface area contributed by atoms with E-state index in [9.17, 15) is 0 Å². The maximum absolute atomic E-state index is 6.14. The molecule has 2 aromatic carbocycles. The molecule has 0 spiro atoms. The van der Waals surface area contributed by atoms with Crippen LogP contribution in [0.25, 0.3) is 22.2 Å². The van der Waals surface area contributed by atoms with Crippen LogP contribution in [0.3, 0.4) is 0 Å². The average molecular weight is 351 g/mol. The van der Waals surface area contributed by atoms with Gasteiger partial charge in [-0.15, -0.1) is 0 Å². The van der Waals surface area contributed by atoms with Crippen LogP contribution in [0.1, 0.15) is 11.7 Å². The highest BCUT2D eigenvalue weighted by molar-refractivity contribution is 6.42. The van der Waals surface area contributed by atoms with Crippen molar-refractivity contribution in [1.82, 2.24) is 4.98 Å². The molecule has 0 radical (unpaired) electrons. The van der Waals surface area contributed by atoms with Crippen LogP contribution < -0.4 is 0 Å². The van der Waals surface area contributed by atoms with Gasteiger partial charge in [0.1, 0.15) is 6.10 Å². The summed E-state index contributed by atoms with van der Waals surface area (Å²) in [5.74, 6) is 0. The quantitative estimate of drug-likeness (QED) is 0.535. The maximum Gasteiger partial charge on any atom is 0.107 e. The number of aromatic nitrogens is 1. The topological polar surface area (TPSA) is 25.4 Å². The lowest BCUT2D eigenvalue weighted by molar-refractivity contribution is 0.417. The molecule has 22 heavy (non-hydrogen) atoms. The molecule has 4 rings (SSSR count). The van der Waals surface area contributed by atoms with E-state index >= 15 is 0 Å². The van der Waals surface area contributed by atoms with Gasteiger partial charge in [-0.25, -0.2) is 4.98 Å². The molecule has 0 bridgehead atoms. The van der Waals surface area contributed by atoms with E-state index in [-0.39, 0.29) is 6.10 Å². The molecule has 0 amide bonds. The van der Waals surface area contributed by atoms with Crippen LogP contribution in [0.15, 0.2) is 42.5 Å². The summed E-state index contributed by atoms with van der Waals surface area (Å²) < 4.78 is 5.46. The lowest BCUT2D eigenvalue weighted by atomic mass is 10.0. The fourth-order valence-electron chi connectivity index (χ4n) is 2.51. The van der Waals surface area contributed by atoms with Crippen molar-refractivity contribution < 1.29 is 4.74 Å². The predicted octanol–water partition coefficient (Wildman–Crippen LogP) is 5.93. The standard InChI is InChI=1S/C17H10Cl3NO/c18-10-3-1-9(2-4-10)15-6-12(17-8-22-17)11-5-13(19)14(20)7-16(11)21-15/h1-7,17H,8H2. The van der Waals surface area contributed by atoms with Crippen LogP contribution in [0, 0.1) is 0 Å². The number of halogens is 3. The smallest absolute Gasteiger partial charge is 0.107 e. The SMILES string of the molecule is Clc1ccc(-c2cc(C3CO3)c3cc(Cl)c(Cl)cc3n2)cc1. The van der Waals surface area contributed by atoms with E-state index in [0.29, 0.717) is 15.1 Å². The summed E-state index contributed by atoms with van der Waals surface area (Å²) in [6, 6.07) is 13.3. The van der Waals surface area contributed by atoms with E-state index in [1.807, 2.05) is 36.4 Å². The summed E-state index contributed by atoms with van der Waals surface area (Å²) in [4.78, 5) is 4.71. The fourth-order valence-corrected chi connectivity index (χ4v) is 2.96. The molecule has 1 atom stereocenters. The molecule has 0 saturated carbocycles. The minimum absolute atomic E-state index is 0.105. The summed E-state index contributed by atoms with van der Waals surface area (Å²) >= 11 is 18.2. The molecule has 5 heteroatoms. The molecule has 1 saturated heterocycles. The summed E-state index contributed by atoms with van der Waals surface area (Å²) in [5, 5.41) is 2.70. The number of epoxide rings is 1. The van der Waals surface area contributed by atoms with Crippen molar-refractivity contribution in [1.29, 1.82) is 0 Å². The molecule has 1 fully saturated rings. The Morgan fingerprint density at radius 3 is 2.32 bits per heavy atom. The number of rotatable bonds is 2. The summed E-state index contributed by atoms with van der Waals surface area (Å²) in [6.45, 7) is 0.722. The molecule has 110 valence electrons. The van der Waals surface area contributed by atoms with Crippen molar-refractivity contribution in [2.75, 3.05) is 6.61 Å². The first-order valence-corrected chi connectivity index (χ1v) is 7.92. The van der Waals surface area contributed by atoms with E-state index in [1.165, 1.54) is 0 Å². The summed E-state index contributed by atoms with van der Waals surface area (Å²) in [7, 11) is 0. The molecule has 1 aromatic heterocycles. The lowest BCUT2D eigenvalue weighted by Gasteiger charge is -2.10. The number of hydrogen-bond donors (Lipinski definition) is 0. The Labute approximate surface area is 142 Å². The Balaban J connectivity index is 1.96. The molecule has 0 aliphatic carbocycles. The summed E-state index contributed by atoms with van der Waals surface area (Å²) in [6.07, 6.45) is 0.105. The first-order chi connectivity index (χ1) is 10.6. The average Bonchev–Trinajstić information content (AvgIpc) is 3.33. The summed E-state index contributed by atoms with van der Waals surface area (Å²) in [5.41, 5.74) is 3.77. The Bertz CT molecular complexity index is 873. The van der Waals surface area contributed by atoms with Gasteiger partial charge >= 0.3 is 0 Å². The van der Waals surface area contributed by atoms with Crippen molar-refractivity contribution >= 4 is 45.7 Å². The van der Waals surface area contributed by atoms with Gasteiger partial charge in [-0.1, -0.05) is 46.9 Å². The molecule has 2 heterocycles. The second kappa shape index (κ2) is 5.39. The highest BCUT2D eigenvalue weighted by Crippen LogP contribution is 2.39. The Hall–Kier alpha value is -1.32. The van der Waals surface area contributed by atoms with Gasteiger partial charge in [-0.2, -0.15) is 0 Å². The van der Waals surface area contributed by atoms with Gasteiger partial charge < -0.3 is 4.74 Å². The predicted molar refractivity (Wildman–Crippen MR) is 90.9 cm³/mol. The maximum atomic E-state index is 6.14. The third-order valence-corrected chi connectivity index (χ3v) is 4.68. The highest BCUT2D eigenvalue weighted by Gasteiger charge is 2.28. The zero-order valence-electron chi connectivity index (χ0n) is 11.3. The van der Waals surface area contributed by atoms with Gasteiger partial charge in [0.05, 0.1) is 27.9 Å². The highest BCUT2D eigenvalue weighted by atomic mass is 35.5. The largest absolute Gasteiger partial charge is 0.368 e. The van der Waals surface area contributed by atoms with Crippen LogP contribution in [0.5, 0.6) is 0 Å². The van der Waals surface area contributed by atoms with Crippen LogP contribution in [0.4, 0.5) is 0 Å². The van der Waals surface area contributed by atoms with Crippen molar-refractivity contribution in [3.05, 3.63) is 63.1 Å². The number of nitrogens with zero attached hydrogens (tertiary/aromatic N) is 1. The van der Waals surface area contributed by atoms with Crippen molar-refractivity contribution in [2.24, 2.45) is 0 Å². The van der Waals surface area contributed by atoms with Crippen LogP contribution in [-0.2, 0) is 4.74 Å². The zero-order chi connectivity index (χ0) is 15.3. The van der Waals surface area contributed by atoms with Gasteiger partial charge in [0, 0.05) is 16.0 Å². The number of benzene rings is 2. The molecule has 1 unspecified atom stereocenters. The van der Waals surface area contributed by atoms with E-state index in [2.05, 4.69) is 0 Å². The number of ether oxygens (including phenoxy) is 1. The Morgan fingerprint density at radius 2 is 1.64 bits per heavy atom. The van der Waals surface area contributed by atoms with Crippen molar-refractivity contribution in [3.8, 4) is 11.3 Å². The number of fused-ring (bicyclic) bond motifs is 1. The molecule has 0 N–H and O–H groups in total.